The van der Waals surface area contributed by atoms with E-state index >= 15 is 0 Å². The first-order valence-electron chi connectivity index (χ1n) is 4.55. The summed E-state index contributed by atoms with van der Waals surface area (Å²) in [7, 11) is 0. The van der Waals surface area contributed by atoms with E-state index in [-0.39, 0.29) is 17.4 Å². The van der Waals surface area contributed by atoms with Crippen LogP contribution in [0.2, 0.25) is 0 Å². The van der Waals surface area contributed by atoms with Gasteiger partial charge in [-0.3, -0.25) is 4.79 Å². The maximum absolute atomic E-state index is 11.5. The highest BCUT2D eigenvalue weighted by Gasteiger charge is 2.26. The number of rotatable bonds is 4. The first kappa shape index (κ1) is 12.0. The monoisotopic (exact) mass is 228 g/mol. The highest BCUT2D eigenvalue weighted by atomic mass is 16.6. The van der Waals surface area contributed by atoms with Gasteiger partial charge in [-0.15, -0.1) is 0 Å². The smallest absolute Gasteiger partial charge is 0.326 e. The van der Waals surface area contributed by atoms with Crippen molar-refractivity contribution in [2.24, 2.45) is 5.92 Å². The largest absolute Gasteiger partial charge is 0.480 e. The van der Waals surface area contributed by atoms with Gasteiger partial charge in [0.2, 0.25) is 11.5 Å². The third kappa shape index (κ3) is 2.47. The number of nitrogen functional groups attached to an aromatic ring is 1. The zero-order chi connectivity index (χ0) is 12.3. The number of carboxylic acids is 1. The number of carbonyl (C=O) groups excluding carboxylic acids is 1. The molecule has 0 aliphatic heterocycles. The molecule has 0 saturated heterocycles. The maximum atomic E-state index is 11.5. The van der Waals surface area contributed by atoms with Gasteiger partial charge in [-0.25, -0.2) is 9.42 Å². The Kier molecular flexibility index (Phi) is 3.44. The maximum Gasteiger partial charge on any atom is 0.326 e. The van der Waals surface area contributed by atoms with Crippen LogP contribution in [0.3, 0.4) is 0 Å². The summed E-state index contributed by atoms with van der Waals surface area (Å²) in [5.41, 5.74) is 5.08. The Morgan fingerprint density at radius 2 is 2.06 bits per heavy atom. The average Bonchev–Trinajstić information content (AvgIpc) is 2.59. The van der Waals surface area contributed by atoms with Crippen molar-refractivity contribution in [2.75, 3.05) is 5.73 Å². The lowest BCUT2D eigenvalue weighted by Gasteiger charge is -2.16. The van der Waals surface area contributed by atoms with Gasteiger partial charge in [0.1, 0.15) is 6.04 Å². The highest BCUT2D eigenvalue weighted by molar-refractivity contribution is 5.98. The Morgan fingerprint density at radius 1 is 1.44 bits per heavy atom. The van der Waals surface area contributed by atoms with Gasteiger partial charge in [-0.1, -0.05) is 13.8 Å². The molecule has 0 bridgehead atoms. The number of aliphatic carboxylic acids is 1. The molecule has 1 atom stereocenters. The number of aromatic nitrogens is 2. The van der Waals surface area contributed by atoms with Crippen LogP contribution in [0.4, 0.5) is 5.82 Å². The van der Waals surface area contributed by atoms with Crippen LogP contribution >= 0.6 is 0 Å². The van der Waals surface area contributed by atoms with E-state index in [2.05, 4.69) is 20.3 Å². The van der Waals surface area contributed by atoms with Crippen LogP contribution in [0.15, 0.2) is 4.63 Å². The molecule has 0 radical (unpaired) electrons. The van der Waals surface area contributed by atoms with Crippen LogP contribution in [0.5, 0.6) is 0 Å². The third-order valence-corrected chi connectivity index (χ3v) is 1.95. The zero-order valence-electron chi connectivity index (χ0n) is 8.80. The Balaban J connectivity index is 2.77. The number of carbonyl (C=O) groups is 2. The Morgan fingerprint density at radius 3 is 2.44 bits per heavy atom. The molecule has 1 unspecified atom stereocenters. The van der Waals surface area contributed by atoms with Gasteiger partial charge in [-0.2, -0.15) is 0 Å². The lowest BCUT2D eigenvalue weighted by atomic mass is 10.0. The van der Waals surface area contributed by atoms with E-state index in [1.807, 2.05) is 0 Å². The molecule has 4 N–H and O–H groups in total. The summed E-state index contributed by atoms with van der Waals surface area (Å²) in [5.74, 6) is -2.29. The SMILES string of the molecule is CC(C)C(NC(=O)c1nonc1N)C(=O)O. The Bertz CT molecular complexity index is 400. The van der Waals surface area contributed by atoms with Gasteiger partial charge >= 0.3 is 5.97 Å². The van der Waals surface area contributed by atoms with Crippen molar-refractivity contribution in [3.63, 3.8) is 0 Å². The van der Waals surface area contributed by atoms with Crippen LogP contribution in [0.1, 0.15) is 24.3 Å². The molecule has 0 aromatic carbocycles. The standard InChI is InChI=1S/C8H12N4O4/c1-3(2)4(8(14)15)10-7(13)5-6(9)12-16-11-5/h3-4H,1-2H3,(H2,9,12)(H,10,13)(H,14,15). The molecular weight excluding hydrogens is 216 g/mol. The molecule has 0 fully saturated rings. The number of hydrogen-bond acceptors (Lipinski definition) is 6. The quantitative estimate of drug-likeness (QED) is 0.632. The van der Waals surface area contributed by atoms with Crippen molar-refractivity contribution in [3.8, 4) is 0 Å². The topological polar surface area (TPSA) is 131 Å². The fraction of sp³-hybridized carbons (Fsp3) is 0.500. The number of nitrogens with two attached hydrogens (primary N) is 1. The van der Waals surface area contributed by atoms with Crippen LogP contribution in [0.25, 0.3) is 0 Å². The Hall–Kier alpha value is -2.12. The molecular formula is C8H12N4O4. The summed E-state index contributed by atoms with van der Waals surface area (Å²) in [5, 5.41) is 17.6. The number of anilines is 1. The van der Waals surface area contributed by atoms with Crippen molar-refractivity contribution in [1.29, 1.82) is 0 Å². The molecule has 1 aromatic heterocycles. The summed E-state index contributed by atoms with van der Waals surface area (Å²) in [4.78, 5) is 22.4. The van der Waals surface area contributed by atoms with Crippen molar-refractivity contribution in [2.45, 2.75) is 19.9 Å². The summed E-state index contributed by atoms with van der Waals surface area (Å²) >= 11 is 0. The van der Waals surface area contributed by atoms with Crippen molar-refractivity contribution in [3.05, 3.63) is 5.69 Å². The van der Waals surface area contributed by atoms with E-state index < -0.39 is 17.9 Å². The van der Waals surface area contributed by atoms with Gasteiger partial charge in [-0.05, 0) is 16.2 Å². The molecule has 0 aliphatic rings. The minimum Gasteiger partial charge on any atom is -0.480 e. The molecule has 1 heterocycles. The lowest BCUT2D eigenvalue weighted by Crippen LogP contribution is -2.44. The highest BCUT2D eigenvalue weighted by Crippen LogP contribution is 2.07. The molecule has 1 rings (SSSR count). The summed E-state index contributed by atoms with van der Waals surface area (Å²) in [6.45, 7) is 3.34. The second-order valence-corrected chi connectivity index (χ2v) is 3.53. The molecule has 16 heavy (non-hydrogen) atoms. The predicted octanol–water partition coefficient (Wildman–Crippen LogP) is -0.509. The molecule has 8 nitrogen and oxygen atoms in total. The molecule has 88 valence electrons. The summed E-state index contributed by atoms with van der Waals surface area (Å²) in [6.07, 6.45) is 0. The van der Waals surface area contributed by atoms with E-state index in [1.165, 1.54) is 0 Å². The zero-order valence-corrected chi connectivity index (χ0v) is 8.80. The normalized spacial score (nSPS) is 12.4. The molecule has 0 saturated carbocycles. The Labute approximate surface area is 90.8 Å². The first-order valence-corrected chi connectivity index (χ1v) is 4.55. The molecule has 1 aromatic rings. The number of nitrogens with zero attached hydrogens (tertiary/aromatic N) is 2. The second-order valence-electron chi connectivity index (χ2n) is 3.53. The molecule has 0 aliphatic carbocycles. The van der Waals surface area contributed by atoms with Gasteiger partial charge in [0, 0.05) is 0 Å². The lowest BCUT2D eigenvalue weighted by molar-refractivity contribution is -0.140. The average molecular weight is 228 g/mol. The number of amides is 1. The van der Waals surface area contributed by atoms with E-state index in [4.69, 9.17) is 10.8 Å². The summed E-state index contributed by atoms with van der Waals surface area (Å²) < 4.78 is 4.24. The minimum atomic E-state index is -1.13. The van der Waals surface area contributed by atoms with Crippen molar-refractivity contribution >= 4 is 17.7 Å². The second kappa shape index (κ2) is 4.60. The third-order valence-electron chi connectivity index (χ3n) is 1.95. The van der Waals surface area contributed by atoms with E-state index in [1.54, 1.807) is 13.8 Å². The number of hydrogen-bond donors (Lipinski definition) is 3. The van der Waals surface area contributed by atoms with E-state index in [9.17, 15) is 9.59 Å². The molecule has 0 spiro atoms. The van der Waals surface area contributed by atoms with Crippen molar-refractivity contribution < 1.29 is 19.3 Å². The van der Waals surface area contributed by atoms with E-state index in [0.29, 0.717) is 0 Å². The molecule has 8 heteroatoms. The molecule has 1 amide bonds. The van der Waals surface area contributed by atoms with Gasteiger partial charge in [0.05, 0.1) is 0 Å². The fourth-order valence-corrected chi connectivity index (χ4v) is 1.08. The number of nitrogens with one attached hydrogen (secondary N) is 1. The first-order chi connectivity index (χ1) is 7.43. The van der Waals surface area contributed by atoms with Crippen LogP contribution in [-0.4, -0.2) is 33.3 Å². The fourth-order valence-electron chi connectivity index (χ4n) is 1.08. The van der Waals surface area contributed by atoms with Crippen LogP contribution < -0.4 is 11.1 Å². The van der Waals surface area contributed by atoms with Gasteiger partial charge in [0.25, 0.3) is 5.91 Å². The van der Waals surface area contributed by atoms with Gasteiger partial charge in [0.15, 0.2) is 0 Å². The van der Waals surface area contributed by atoms with Crippen LogP contribution in [-0.2, 0) is 4.79 Å². The van der Waals surface area contributed by atoms with E-state index in [0.717, 1.165) is 0 Å². The van der Waals surface area contributed by atoms with Crippen LogP contribution in [0, 0.1) is 5.92 Å². The van der Waals surface area contributed by atoms with Crippen molar-refractivity contribution in [1.82, 2.24) is 15.6 Å². The minimum absolute atomic E-state index is 0.176. The predicted molar refractivity (Wildman–Crippen MR) is 52.4 cm³/mol. The summed E-state index contributed by atoms with van der Waals surface area (Å²) in [6, 6.07) is -1.01. The van der Waals surface area contributed by atoms with Gasteiger partial charge < -0.3 is 16.2 Å². The number of carboxylic acid groups (broad SMARTS) is 1.